The highest BCUT2D eigenvalue weighted by atomic mass is 35.5. The minimum Gasteiger partial charge on any atom is -0.387 e. The van der Waals surface area contributed by atoms with E-state index in [0.29, 0.717) is 18.8 Å². The van der Waals surface area contributed by atoms with Crippen molar-refractivity contribution in [3.8, 4) is 0 Å². The number of hydrogen-bond donors (Lipinski definition) is 2. The molecule has 0 fully saturated rings. The molecule has 3 rings (SSSR count). The quantitative estimate of drug-likeness (QED) is 0.770. The van der Waals surface area contributed by atoms with Crippen LogP contribution in [0.2, 0.25) is 0 Å². The van der Waals surface area contributed by atoms with E-state index in [0.717, 1.165) is 43.2 Å². The van der Waals surface area contributed by atoms with E-state index >= 15 is 0 Å². The highest BCUT2D eigenvalue weighted by molar-refractivity contribution is 6.29. The highest BCUT2D eigenvalue weighted by Crippen LogP contribution is 2.37. The van der Waals surface area contributed by atoms with E-state index in [2.05, 4.69) is 16.4 Å². The van der Waals surface area contributed by atoms with E-state index in [1.807, 2.05) is 6.08 Å². The van der Waals surface area contributed by atoms with Gasteiger partial charge < -0.3 is 11.1 Å². The van der Waals surface area contributed by atoms with E-state index < -0.39 is 6.17 Å². The zero-order valence-electron chi connectivity index (χ0n) is 12.2. The minimum atomic E-state index is -0.818. The number of nitrogens with zero attached hydrogens (tertiary/aromatic N) is 1. The van der Waals surface area contributed by atoms with Gasteiger partial charge in [0.1, 0.15) is 6.17 Å². The maximum absolute atomic E-state index is 14.4. The molecule has 0 spiro atoms. The molecule has 0 saturated heterocycles. The number of hydrogen-bond acceptors (Lipinski definition) is 3. The molecule has 116 valence electrons. The average molecular weight is 312 g/mol. The van der Waals surface area contributed by atoms with Crippen LogP contribution in [0, 0.1) is 11.8 Å². The molecule has 2 heterocycles. The standard InChI is InChI=1S/C16H23ClFN3/c17-11-3-4-14(18)13(9-11)16-12(2-1-6-21-16)10-5-7-20-15(19)8-10/h2,9-10,13-14,16,21H,1,3-8H2,(H2,19,20)/t10-,13?,14?,16?/m1/s1. The summed E-state index contributed by atoms with van der Waals surface area (Å²) >= 11 is 6.16. The van der Waals surface area contributed by atoms with Crippen molar-refractivity contribution in [3.63, 3.8) is 0 Å². The molecule has 3 N–H and O–H groups in total. The maximum Gasteiger partial charge on any atom is 0.109 e. The number of allylic oxidation sites excluding steroid dienone is 1. The van der Waals surface area contributed by atoms with Crippen LogP contribution in [0.4, 0.5) is 4.39 Å². The Hall–Kier alpha value is -0.870. The van der Waals surface area contributed by atoms with E-state index in [-0.39, 0.29) is 12.0 Å². The van der Waals surface area contributed by atoms with Gasteiger partial charge in [0.2, 0.25) is 0 Å². The van der Waals surface area contributed by atoms with Crippen LogP contribution >= 0.6 is 11.6 Å². The normalized spacial score (nSPS) is 37.5. The van der Waals surface area contributed by atoms with Gasteiger partial charge in [-0.15, -0.1) is 0 Å². The van der Waals surface area contributed by atoms with Crippen molar-refractivity contribution >= 4 is 17.4 Å². The van der Waals surface area contributed by atoms with E-state index in [1.54, 1.807) is 0 Å². The third-order valence-electron chi connectivity index (χ3n) is 4.80. The van der Waals surface area contributed by atoms with Crippen LogP contribution in [0.15, 0.2) is 27.7 Å². The van der Waals surface area contributed by atoms with Gasteiger partial charge in [0.15, 0.2) is 0 Å². The van der Waals surface area contributed by atoms with Crippen LogP contribution in [0.1, 0.15) is 32.1 Å². The summed E-state index contributed by atoms with van der Waals surface area (Å²) in [6, 6.07) is 0.0544. The Kier molecular flexibility index (Phi) is 4.65. The fraction of sp³-hybridized carbons (Fsp3) is 0.688. The first-order valence-corrected chi connectivity index (χ1v) is 8.25. The molecule has 0 aromatic heterocycles. The molecule has 5 heteroatoms. The number of nitrogens with one attached hydrogen (secondary N) is 1. The first kappa shape index (κ1) is 15.0. The SMILES string of the molecule is NC1=NCC[C@@H](C2=CCCNC2C2C=C(Cl)CCC2F)C1. The van der Waals surface area contributed by atoms with Crippen LogP contribution in [0.25, 0.3) is 0 Å². The highest BCUT2D eigenvalue weighted by Gasteiger charge is 2.36. The Morgan fingerprint density at radius 3 is 3.05 bits per heavy atom. The Balaban J connectivity index is 1.83. The van der Waals surface area contributed by atoms with Gasteiger partial charge in [-0.25, -0.2) is 4.39 Å². The molecule has 0 saturated carbocycles. The van der Waals surface area contributed by atoms with Gasteiger partial charge >= 0.3 is 0 Å². The molecule has 1 aliphatic carbocycles. The molecule has 0 radical (unpaired) electrons. The Morgan fingerprint density at radius 2 is 2.24 bits per heavy atom. The van der Waals surface area contributed by atoms with Crippen molar-refractivity contribution in [2.24, 2.45) is 22.6 Å². The van der Waals surface area contributed by atoms with Crippen molar-refractivity contribution < 1.29 is 4.39 Å². The van der Waals surface area contributed by atoms with Crippen molar-refractivity contribution in [3.05, 3.63) is 22.8 Å². The van der Waals surface area contributed by atoms with Crippen LogP contribution in [0.5, 0.6) is 0 Å². The second kappa shape index (κ2) is 6.49. The molecule has 3 nitrogen and oxygen atoms in total. The van der Waals surface area contributed by atoms with E-state index in [9.17, 15) is 4.39 Å². The zero-order chi connectivity index (χ0) is 14.8. The molecule has 4 atom stereocenters. The first-order chi connectivity index (χ1) is 10.1. The Morgan fingerprint density at radius 1 is 1.38 bits per heavy atom. The predicted molar refractivity (Wildman–Crippen MR) is 85.3 cm³/mol. The summed E-state index contributed by atoms with van der Waals surface area (Å²) in [6.45, 7) is 1.68. The van der Waals surface area contributed by atoms with Gasteiger partial charge in [-0.3, -0.25) is 4.99 Å². The van der Waals surface area contributed by atoms with Gasteiger partial charge in [0, 0.05) is 30.0 Å². The molecule has 21 heavy (non-hydrogen) atoms. The van der Waals surface area contributed by atoms with Crippen LogP contribution in [0.3, 0.4) is 0 Å². The lowest BCUT2D eigenvalue weighted by Gasteiger charge is -2.38. The summed E-state index contributed by atoms with van der Waals surface area (Å²) in [4.78, 5) is 4.28. The van der Waals surface area contributed by atoms with Crippen molar-refractivity contribution in [1.29, 1.82) is 0 Å². The minimum absolute atomic E-state index is 0.0544. The molecule has 3 unspecified atom stereocenters. The van der Waals surface area contributed by atoms with Crippen LogP contribution < -0.4 is 11.1 Å². The van der Waals surface area contributed by atoms with Crippen molar-refractivity contribution in [2.75, 3.05) is 13.1 Å². The lowest BCUT2D eigenvalue weighted by molar-refractivity contribution is 0.201. The van der Waals surface area contributed by atoms with E-state index in [4.69, 9.17) is 17.3 Å². The summed E-state index contributed by atoms with van der Waals surface area (Å²) in [5, 5.41) is 4.31. The predicted octanol–water partition coefficient (Wildman–Crippen LogP) is 2.91. The number of rotatable bonds is 2. The smallest absolute Gasteiger partial charge is 0.109 e. The Bertz CT molecular complexity index is 486. The van der Waals surface area contributed by atoms with Gasteiger partial charge in [-0.2, -0.15) is 0 Å². The summed E-state index contributed by atoms with van der Waals surface area (Å²) in [6.07, 6.45) is 7.38. The topological polar surface area (TPSA) is 50.4 Å². The third-order valence-corrected chi connectivity index (χ3v) is 5.12. The number of aliphatic imine (C=N–C) groups is 1. The largest absolute Gasteiger partial charge is 0.387 e. The maximum atomic E-state index is 14.4. The van der Waals surface area contributed by atoms with Gasteiger partial charge in [-0.1, -0.05) is 29.3 Å². The zero-order valence-corrected chi connectivity index (χ0v) is 13.0. The van der Waals surface area contributed by atoms with E-state index in [1.165, 1.54) is 5.57 Å². The summed E-state index contributed by atoms with van der Waals surface area (Å²) < 4.78 is 14.4. The average Bonchev–Trinajstić information content (AvgIpc) is 2.50. The lowest BCUT2D eigenvalue weighted by Crippen LogP contribution is -2.47. The molecule has 0 amide bonds. The molecule has 2 aliphatic heterocycles. The fourth-order valence-corrected chi connectivity index (χ4v) is 3.99. The van der Waals surface area contributed by atoms with Crippen LogP contribution in [-0.4, -0.2) is 31.1 Å². The summed E-state index contributed by atoms with van der Waals surface area (Å²) in [5.41, 5.74) is 7.21. The molecule has 3 aliphatic rings. The van der Waals surface area contributed by atoms with Gasteiger partial charge in [0.05, 0.1) is 5.84 Å². The number of alkyl halides is 1. The lowest BCUT2D eigenvalue weighted by atomic mass is 9.75. The first-order valence-electron chi connectivity index (χ1n) is 7.87. The van der Waals surface area contributed by atoms with Crippen LogP contribution in [-0.2, 0) is 0 Å². The molecular weight excluding hydrogens is 289 g/mol. The van der Waals surface area contributed by atoms with Gasteiger partial charge in [-0.05, 0) is 38.1 Å². The molecule has 0 aromatic rings. The van der Waals surface area contributed by atoms with Gasteiger partial charge in [0.25, 0.3) is 0 Å². The summed E-state index contributed by atoms with van der Waals surface area (Å²) in [5.74, 6) is 0.963. The monoisotopic (exact) mass is 311 g/mol. The molecule has 0 bridgehead atoms. The second-order valence-corrected chi connectivity index (χ2v) is 6.72. The molecule has 0 aromatic carbocycles. The Labute approximate surface area is 130 Å². The molecular formula is C16H23ClFN3. The third kappa shape index (κ3) is 3.32. The van der Waals surface area contributed by atoms with Crippen molar-refractivity contribution in [2.45, 2.75) is 44.3 Å². The summed E-state index contributed by atoms with van der Waals surface area (Å²) in [7, 11) is 0. The number of amidine groups is 1. The fourth-order valence-electron chi connectivity index (χ4n) is 3.74. The number of nitrogens with two attached hydrogens (primary N) is 1. The number of halogens is 2. The second-order valence-electron chi connectivity index (χ2n) is 6.23. The van der Waals surface area contributed by atoms with Crippen molar-refractivity contribution in [1.82, 2.24) is 5.32 Å².